The zero-order valence-corrected chi connectivity index (χ0v) is 12.6. The van der Waals surface area contributed by atoms with Crippen molar-refractivity contribution in [3.8, 4) is 11.4 Å². The highest BCUT2D eigenvalue weighted by Gasteiger charge is 2.18. The van der Waals surface area contributed by atoms with E-state index in [1.807, 2.05) is 42.5 Å². The number of nitrogens with zero attached hydrogens (tertiary/aromatic N) is 3. The zero-order valence-electron chi connectivity index (χ0n) is 12.6. The van der Waals surface area contributed by atoms with E-state index in [9.17, 15) is 4.79 Å². The van der Waals surface area contributed by atoms with Crippen LogP contribution in [0.5, 0.6) is 5.75 Å². The van der Waals surface area contributed by atoms with Crippen molar-refractivity contribution in [1.29, 1.82) is 0 Å². The lowest BCUT2D eigenvalue weighted by molar-refractivity contribution is 0.0942. The molecule has 0 saturated heterocycles. The predicted octanol–water partition coefficient (Wildman–Crippen LogP) is 2.21. The second-order valence-corrected chi connectivity index (χ2v) is 4.87. The lowest BCUT2D eigenvalue weighted by atomic mass is 10.3. The van der Waals surface area contributed by atoms with E-state index in [0.29, 0.717) is 12.3 Å². The molecule has 3 aromatic rings. The van der Waals surface area contributed by atoms with Gasteiger partial charge in [-0.1, -0.05) is 24.3 Å². The number of hydrogen-bond acceptors (Lipinski definition) is 4. The molecule has 1 N–H and O–H groups in total. The molecule has 1 aromatic carbocycles. The number of hydrogen-bond donors (Lipinski definition) is 1. The number of pyridine rings is 1. The summed E-state index contributed by atoms with van der Waals surface area (Å²) in [5.74, 6) is 0.137. The Bertz CT molecular complexity index is 785. The number of carbonyl (C=O) groups excluding carboxylic acids is 1. The molecule has 23 heavy (non-hydrogen) atoms. The average molecular weight is 308 g/mol. The van der Waals surface area contributed by atoms with Gasteiger partial charge in [0.15, 0.2) is 11.4 Å². The van der Waals surface area contributed by atoms with Gasteiger partial charge in [-0.3, -0.25) is 9.78 Å². The lowest BCUT2D eigenvalue weighted by Gasteiger charge is -2.04. The van der Waals surface area contributed by atoms with Gasteiger partial charge in [0.2, 0.25) is 0 Å². The number of nitrogens with one attached hydrogen (secondary N) is 1. The molecule has 2 aromatic heterocycles. The van der Waals surface area contributed by atoms with Gasteiger partial charge in [0.1, 0.15) is 0 Å². The van der Waals surface area contributed by atoms with Crippen molar-refractivity contribution in [3.05, 3.63) is 72.3 Å². The number of amides is 1. The van der Waals surface area contributed by atoms with Crippen molar-refractivity contribution in [2.75, 3.05) is 7.11 Å². The molecule has 0 atom stereocenters. The van der Waals surface area contributed by atoms with Gasteiger partial charge in [-0.15, -0.1) is 0 Å². The Morgan fingerprint density at radius 2 is 2.04 bits per heavy atom. The first kappa shape index (κ1) is 14.8. The Kier molecular flexibility index (Phi) is 4.33. The Hall–Kier alpha value is -3.15. The van der Waals surface area contributed by atoms with E-state index in [2.05, 4.69) is 15.4 Å². The Morgan fingerprint density at radius 3 is 2.74 bits per heavy atom. The van der Waals surface area contributed by atoms with Crippen LogP contribution in [0.3, 0.4) is 0 Å². The monoisotopic (exact) mass is 308 g/mol. The number of rotatable bonds is 5. The Labute approximate surface area is 133 Å². The third-order valence-corrected chi connectivity index (χ3v) is 3.31. The summed E-state index contributed by atoms with van der Waals surface area (Å²) in [5, 5.41) is 7.15. The minimum absolute atomic E-state index is 0.250. The van der Waals surface area contributed by atoms with Crippen molar-refractivity contribution < 1.29 is 9.53 Å². The summed E-state index contributed by atoms with van der Waals surface area (Å²) in [5.41, 5.74) is 2.03. The van der Waals surface area contributed by atoms with Crippen LogP contribution in [-0.4, -0.2) is 27.8 Å². The molecular formula is C17H16N4O2. The summed E-state index contributed by atoms with van der Waals surface area (Å²) in [6, 6.07) is 13.3. The van der Waals surface area contributed by atoms with Crippen LogP contribution in [0.15, 0.2) is 61.1 Å². The lowest BCUT2D eigenvalue weighted by Crippen LogP contribution is -2.24. The molecule has 2 heterocycles. The van der Waals surface area contributed by atoms with Gasteiger partial charge < -0.3 is 10.1 Å². The molecule has 0 saturated carbocycles. The topological polar surface area (TPSA) is 69.0 Å². The molecule has 6 nitrogen and oxygen atoms in total. The number of para-hydroxylation sites is 1. The number of methoxy groups -OCH3 is 1. The van der Waals surface area contributed by atoms with Gasteiger partial charge in [0.05, 0.1) is 19.0 Å². The van der Waals surface area contributed by atoms with Gasteiger partial charge in [0, 0.05) is 18.9 Å². The number of benzene rings is 1. The molecule has 0 unspecified atom stereocenters. The molecule has 6 heteroatoms. The second kappa shape index (κ2) is 6.74. The maximum atomic E-state index is 12.4. The fraction of sp³-hybridized carbons (Fsp3) is 0.118. The van der Waals surface area contributed by atoms with E-state index >= 15 is 0 Å². The fourth-order valence-electron chi connectivity index (χ4n) is 2.15. The minimum Gasteiger partial charge on any atom is -0.493 e. The SMILES string of the molecule is COc1cn(-c2ccccc2)nc1C(=O)NCc1cccnc1. The molecule has 116 valence electrons. The summed E-state index contributed by atoms with van der Waals surface area (Å²) >= 11 is 0. The maximum absolute atomic E-state index is 12.4. The standard InChI is InChI=1S/C17H16N4O2/c1-23-15-12-21(14-7-3-2-4-8-14)20-16(15)17(22)19-11-13-6-5-9-18-10-13/h2-10,12H,11H2,1H3,(H,19,22). The third kappa shape index (κ3) is 3.37. The Balaban J connectivity index is 1.79. The second-order valence-electron chi connectivity index (χ2n) is 4.87. The van der Waals surface area contributed by atoms with Gasteiger partial charge in [-0.2, -0.15) is 5.10 Å². The minimum atomic E-state index is -0.291. The van der Waals surface area contributed by atoms with E-state index in [0.717, 1.165) is 11.3 Å². The average Bonchev–Trinajstić information content (AvgIpc) is 3.06. The molecule has 0 fully saturated rings. The smallest absolute Gasteiger partial charge is 0.275 e. The van der Waals surface area contributed by atoms with Crippen LogP contribution >= 0.6 is 0 Å². The largest absolute Gasteiger partial charge is 0.493 e. The zero-order chi connectivity index (χ0) is 16.1. The molecule has 0 aliphatic heterocycles. The van der Waals surface area contributed by atoms with E-state index < -0.39 is 0 Å². The molecule has 0 aliphatic carbocycles. The highest BCUT2D eigenvalue weighted by molar-refractivity contribution is 5.94. The number of carbonyl (C=O) groups is 1. The van der Waals surface area contributed by atoms with E-state index in [-0.39, 0.29) is 11.6 Å². The quantitative estimate of drug-likeness (QED) is 0.784. The van der Waals surface area contributed by atoms with Crippen LogP contribution in [0.1, 0.15) is 16.1 Å². The van der Waals surface area contributed by atoms with Crippen LogP contribution in [0.2, 0.25) is 0 Å². The highest BCUT2D eigenvalue weighted by atomic mass is 16.5. The van der Waals surface area contributed by atoms with Crippen molar-refractivity contribution in [1.82, 2.24) is 20.1 Å². The summed E-state index contributed by atoms with van der Waals surface area (Å²) in [4.78, 5) is 16.4. The van der Waals surface area contributed by atoms with Gasteiger partial charge >= 0.3 is 0 Å². The molecule has 0 spiro atoms. The van der Waals surface area contributed by atoms with Crippen LogP contribution in [0.4, 0.5) is 0 Å². The molecule has 3 rings (SSSR count). The van der Waals surface area contributed by atoms with Crippen molar-refractivity contribution in [2.45, 2.75) is 6.54 Å². The summed E-state index contributed by atoms with van der Waals surface area (Å²) in [6.07, 6.45) is 5.09. The van der Waals surface area contributed by atoms with Crippen molar-refractivity contribution in [2.24, 2.45) is 0 Å². The van der Waals surface area contributed by atoms with E-state index in [1.165, 1.54) is 7.11 Å². The molecular weight excluding hydrogens is 292 g/mol. The first-order valence-corrected chi connectivity index (χ1v) is 7.14. The Morgan fingerprint density at radius 1 is 1.22 bits per heavy atom. The maximum Gasteiger partial charge on any atom is 0.275 e. The summed E-state index contributed by atoms with van der Waals surface area (Å²) < 4.78 is 6.89. The highest BCUT2D eigenvalue weighted by Crippen LogP contribution is 2.19. The first-order valence-electron chi connectivity index (χ1n) is 7.14. The van der Waals surface area contributed by atoms with Gasteiger partial charge in [-0.05, 0) is 23.8 Å². The molecule has 0 aliphatic rings. The normalized spacial score (nSPS) is 10.3. The molecule has 0 bridgehead atoms. The van der Waals surface area contributed by atoms with Gasteiger partial charge in [0.25, 0.3) is 5.91 Å². The van der Waals surface area contributed by atoms with Crippen LogP contribution < -0.4 is 10.1 Å². The fourth-order valence-corrected chi connectivity index (χ4v) is 2.15. The first-order chi connectivity index (χ1) is 11.3. The number of ether oxygens (including phenoxy) is 1. The summed E-state index contributed by atoms with van der Waals surface area (Å²) in [6.45, 7) is 0.383. The molecule has 1 amide bonds. The van der Waals surface area contributed by atoms with Crippen LogP contribution in [0.25, 0.3) is 5.69 Å². The van der Waals surface area contributed by atoms with E-state index in [4.69, 9.17) is 4.74 Å². The third-order valence-electron chi connectivity index (χ3n) is 3.31. The number of aromatic nitrogens is 3. The van der Waals surface area contributed by atoms with Crippen molar-refractivity contribution in [3.63, 3.8) is 0 Å². The van der Waals surface area contributed by atoms with E-state index in [1.54, 1.807) is 23.3 Å². The van der Waals surface area contributed by atoms with Crippen LogP contribution in [-0.2, 0) is 6.54 Å². The van der Waals surface area contributed by atoms with Crippen LogP contribution in [0, 0.1) is 0 Å². The van der Waals surface area contributed by atoms with Gasteiger partial charge in [-0.25, -0.2) is 4.68 Å². The van der Waals surface area contributed by atoms with Crippen molar-refractivity contribution >= 4 is 5.91 Å². The predicted molar refractivity (Wildman–Crippen MR) is 85.5 cm³/mol. The summed E-state index contributed by atoms with van der Waals surface area (Å²) in [7, 11) is 1.52. The molecule has 0 radical (unpaired) electrons.